The minimum absolute atomic E-state index is 0.0772. The summed E-state index contributed by atoms with van der Waals surface area (Å²) in [5, 5.41) is 17.0. The lowest BCUT2D eigenvalue weighted by molar-refractivity contribution is -0.118. The van der Waals surface area contributed by atoms with Gasteiger partial charge in [0.15, 0.2) is 5.17 Å². The fraction of sp³-hybridized carbons (Fsp3) is 0.143. The van der Waals surface area contributed by atoms with E-state index in [1.807, 2.05) is 92.0 Å². The molecule has 9 heteroatoms. The molecule has 1 N–H and O–H groups in total. The number of carbonyl (C=O) groups excluding carboxylic acids is 1. The molecule has 186 valence electrons. The second-order valence-corrected chi connectivity index (χ2v) is 9.87. The predicted molar refractivity (Wildman–Crippen MR) is 150 cm³/mol. The van der Waals surface area contributed by atoms with Crippen molar-refractivity contribution in [2.24, 2.45) is 10.2 Å². The summed E-state index contributed by atoms with van der Waals surface area (Å²) in [6, 6.07) is 25.1. The molecule has 1 amide bonds. The molecule has 0 spiro atoms. The number of halogens is 1. The average Bonchev–Trinajstić information content (AvgIpc) is 3.50. The molecule has 2 heterocycles. The molecule has 5 rings (SSSR count). The summed E-state index contributed by atoms with van der Waals surface area (Å²) in [7, 11) is 0. The largest absolute Gasteiger partial charge is 0.494 e. The Labute approximate surface area is 224 Å². The fourth-order valence-electron chi connectivity index (χ4n) is 3.86. The van der Waals surface area contributed by atoms with E-state index in [0.29, 0.717) is 23.2 Å². The van der Waals surface area contributed by atoms with Gasteiger partial charge in [0.2, 0.25) is 5.91 Å². The van der Waals surface area contributed by atoms with Gasteiger partial charge < -0.3 is 10.1 Å². The zero-order valence-electron chi connectivity index (χ0n) is 20.0. The molecule has 1 unspecified atom stereocenters. The second-order valence-electron chi connectivity index (χ2n) is 8.25. The maximum atomic E-state index is 12.5. The Morgan fingerprint density at radius 1 is 1.08 bits per heavy atom. The van der Waals surface area contributed by atoms with Crippen molar-refractivity contribution in [3.05, 3.63) is 101 Å². The first-order valence-electron chi connectivity index (χ1n) is 11.8. The van der Waals surface area contributed by atoms with Crippen molar-refractivity contribution in [3.63, 3.8) is 0 Å². The van der Waals surface area contributed by atoms with Crippen LogP contribution in [0, 0.1) is 0 Å². The molecule has 4 aromatic rings. The van der Waals surface area contributed by atoms with Crippen molar-refractivity contribution < 1.29 is 9.53 Å². The first-order valence-corrected chi connectivity index (χ1v) is 13.1. The Hall–Kier alpha value is -3.88. The minimum Gasteiger partial charge on any atom is -0.494 e. The molecule has 0 radical (unpaired) electrons. The third kappa shape index (κ3) is 6.10. The highest BCUT2D eigenvalue weighted by Gasteiger charge is 2.30. The van der Waals surface area contributed by atoms with Crippen LogP contribution in [-0.4, -0.2) is 38.9 Å². The Morgan fingerprint density at radius 2 is 1.84 bits per heavy atom. The molecule has 7 nitrogen and oxygen atoms in total. The Bertz CT molecular complexity index is 1430. The molecule has 1 atom stereocenters. The molecule has 1 saturated heterocycles. The number of ether oxygens (including phenoxy) is 1. The van der Waals surface area contributed by atoms with Crippen molar-refractivity contribution in [1.82, 2.24) is 15.1 Å². The second kappa shape index (κ2) is 11.5. The van der Waals surface area contributed by atoms with Gasteiger partial charge in [-0.15, -0.1) is 5.10 Å². The van der Waals surface area contributed by atoms with Crippen LogP contribution in [0.3, 0.4) is 0 Å². The molecular weight excluding hydrogens is 506 g/mol. The highest BCUT2D eigenvalue weighted by atomic mass is 35.5. The number of aromatic nitrogens is 2. The maximum Gasteiger partial charge on any atom is 0.239 e. The van der Waals surface area contributed by atoms with Gasteiger partial charge in [-0.05, 0) is 55.3 Å². The molecule has 0 bridgehead atoms. The molecule has 3 aromatic carbocycles. The number of hydrogen-bond donors (Lipinski definition) is 1. The van der Waals surface area contributed by atoms with E-state index >= 15 is 0 Å². The SMILES string of the molecule is CCOc1ccc(CC2S/C(=N/N=C/c3cn(-c4ccccc4)nc3-c3ccc(Cl)cc3)NC2=O)cc1. The van der Waals surface area contributed by atoms with Crippen LogP contribution < -0.4 is 10.1 Å². The molecule has 1 fully saturated rings. The van der Waals surface area contributed by atoms with Crippen LogP contribution >= 0.6 is 23.4 Å². The van der Waals surface area contributed by atoms with Crippen LogP contribution in [0.4, 0.5) is 0 Å². The molecule has 37 heavy (non-hydrogen) atoms. The Kier molecular flexibility index (Phi) is 7.67. The number of nitrogens with zero attached hydrogens (tertiary/aromatic N) is 4. The summed E-state index contributed by atoms with van der Waals surface area (Å²) < 4.78 is 7.29. The van der Waals surface area contributed by atoms with Crippen LogP contribution in [0.5, 0.6) is 5.75 Å². The zero-order valence-corrected chi connectivity index (χ0v) is 21.6. The lowest BCUT2D eigenvalue weighted by Crippen LogP contribution is -2.25. The van der Waals surface area contributed by atoms with Gasteiger partial charge in [-0.1, -0.05) is 65.8 Å². The van der Waals surface area contributed by atoms with E-state index in [1.54, 1.807) is 10.9 Å². The van der Waals surface area contributed by atoms with Gasteiger partial charge in [0.05, 0.1) is 23.8 Å². The lowest BCUT2D eigenvalue weighted by atomic mass is 10.1. The van der Waals surface area contributed by atoms with Crippen molar-refractivity contribution in [2.45, 2.75) is 18.6 Å². The first-order chi connectivity index (χ1) is 18.1. The van der Waals surface area contributed by atoms with Crippen LogP contribution in [0.2, 0.25) is 5.02 Å². The Morgan fingerprint density at radius 3 is 2.57 bits per heavy atom. The van der Waals surface area contributed by atoms with E-state index in [4.69, 9.17) is 21.4 Å². The smallest absolute Gasteiger partial charge is 0.239 e. The summed E-state index contributed by atoms with van der Waals surface area (Å²) in [5.41, 5.74) is 4.44. The Balaban J connectivity index is 1.33. The number of amidine groups is 1. The van der Waals surface area contributed by atoms with E-state index in [-0.39, 0.29) is 11.2 Å². The van der Waals surface area contributed by atoms with Crippen LogP contribution in [0.15, 0.2) is 95.3 Å². The van der Waals surface area contributed by atoms with Gasteiger partial charge >= 0.3 is 0 Å². The number of benzene rings is 3. The third-order valence-corrected chi connectivity index (χ3v) is 6.98. The predicted octanol–water partition coefficient (Wildman–Crippen LogP) is 5.76. The summed E-state index contributed by atoms with van der Waals surface area (Å²) in [6.45, 7) is 2.57. The fourth-order valence-corrected chi connectivity index (χ4v) is 4.95. The number of amides is 1. The van der Waals surface area contributed by atoms with Gasteiger partial charge in [-0.2, -0.15) is 10.2 Å². The van der Waals surface area contributed by atoms with Crippen LogP contribution in [0.1, 0.15) is 18.1 Å². The quantitative estimate of drug-likeness (QED) is 0.232. The van der Waals surface area contributed by atoms with E-state index in [1.165, 1.54) is 11.8 Å². The van der Waals surface area contributed by atoms with Gasteiger partial charge in [0.1, 0.15) is 11.4 Å². The number of thioether (sulfide) groups is 1. The van der Waals surface area contributed by atoms with Gasteiger partial charge in [-0.3, -0.25) is 4.79 Å². The van der Waals surface area contributed by atoms with Gasteiger partial charge in [0, 0.05) is 22.3 Å². The number of nitrogens with one attached hydrogen (secondary N) is 1. The molecule has 1 aliphatic heterocycles. The number of rotatable bonds is 8. The highest BCUT2D eigenvalue weighted by Crippen LogP contribution is 2.26. The van der Waals surface area contributed by atoms with Crippen molar-refractivity contribution >= 4 is 40.7 Å². The van der Waals surface area contributed by atoms with E-state index in [9.17, 15) is 4.79 Å². The number of carbonyl (C=O) groups is 1. The van der Waals surface area contributed by atoms with Gasteiger partial charge in [0.25, 0.3) is 0 Å². The number of para-hydroxylation sites is 1. The summed E-state index contributed by atoms with van der Waals surface area (Å²) in [4.78, 5) is 12.5. The zero-order chi connectivity index (χ0) is 25.6. The topological polar surface area (TPSA) is 80.9 Å². The van der Waals surface area contributed by atoms with Crippen molar-refractivity contribution in [1.29, 1.82) is 0 Å². The average molecular weight is 530 g/mol. The van der Waals surface area contributed by atoms with E-state index in [2.05, 4.69) is 15.5 Å². The first kappa shape index (κ1) is 24.8. The molecular formula is C28H24ClN5O2S. The lowest BCUT2D eigenvalue weighted by Gasteiger charge is -2.07. The van der Waals surface area contributed by atoms with Crippen LogP contribution in [-0.2, 0) is 11.2 Å². The van der Waals surface area contributed by atoms with Crippen molar-refractivity contribution in [2.75, 3.05) is 6.61 Å². The van der Waals surface area contributed by atoms with Crippen LogP contribution in [0.25, 0.3) is 16.9 Å². The van der Waals surface area contributed by atoms with E-state index < -0.39 is 0 Å². The molecule has 0 saturated carbocycles. The summed E-state index contributed by atoms with van der Waals surface area (Å²) in [5.74, 6) is 0.742. The van der Waals surface area contributed by atoms with E-state index in [0.717, 1.165) is 33.8 Å². The summed E-state index contributed by atoms with van der Waals surface area (Å²) in [6.07, 6.45) is 4.14. The molecule has 1 aromatic heterocycles. The monoisotopic (exact) mass is 529 g/mol. The third-order valence-electron chi connectivity index (χ3n) is 5.66. The highest BCUT2D eigenvalue weighted by molar-refractivity contribution is 8.15. The summed E-state index contributed by atoms with van der Waals surface area (Å²) >= 11 is 7.45. The van der Waals surface area contributed by atoms with Crippen molar-refractivity contribution in [3.8, 4) is 22.7 Å². The maximum absolute atomic E-state index is 12.5. The molecule has 1 aliphatic rings. The van der Waals surface area contributed by atoms with Gasteiger partial charge in [-0.25, -0.2) is 4.68 Å². The standard InChI is InChI=1S/C28H24ClN5O2S/c1-2-36-24-14-8-19(9-15-24)16-25-27(35)31-28(37-25)32-30-17-21-18-34(23-6-4-3-5-7-23)33-26(21)20-10-12-22(29)13-11-20/h3-15,17-18,25H,2,16H2,1H3,(H,31,32,35)/b30-17+. The number of hydrogen-bond acceptors (Lipinski definition) is 6. The molecule has 0 aliphatic carbocycles. The normalized spacial score (nSPS) is 16.4. The minimum atomic E-state index is -0.266.